The summed E-state index contributed by atoms with van der Waals surface area (Å²) in [5.74, 6) is 1.62. The number of carbonyl (C=O) groups excluding carboxylic acids is 1. The topological polar surface area (TPSA) is 32.3 Å². The van der Waals surface area contributed by atoms with Crippen LogP contribution >= 0.6 is 12.4 Å². The molecule has 1 aliphatic carbocycles. The van der Waals surface area contributed by atoms with Gasteiger partial charge in [-0.15, -0.1) is 12.4 Å². The monoisotopic (exact) mass is 378 g/mol. The van der Waals surface area contributed by atoms with Crippen molar-refractivity contribution < 1.29 is 4.79 Å². The zero-order valence-corrected chi connectivity index (χ0v) is 17.0. The highest BCUT2D eigenvalue weighted by Crippen LogP contribution is 2.28. The van der Waals surface area contributed by atoms with Crippen molar-refractivity contribution in [2.75, 3.05) is 19.6 Å². The Morgan fingerprint density at radius 2 is 1.77 bits per heavy atom. The number of benzene rings is 1. The predicted molar refractivity (Wildman–Crippen MR) is 111 cm³/mol. The van der Waals surface area contributed by atoms with Gasteiger partial charge in [0.15, 0.2) is 0 Å². The molecule has 3 nitrogen and oxygen atoms in total. The molecule has 1 heterocycles. The van der Waals surface area contributed by atoms with Crippen LogP contribution in [0.5, 0.6) is 0 Å². The van der Waals surface area contributed by atoms with E-state index in [0.717, 1.165) is 32.5 Å². The molecule has 2 aliphatic rings. The van der Waals surface area contributed by atoms with E-state index in [4.69, 9.17) is 0 Å². The van der Waals surface area contributed by atoms with Crippen molar-refractivity contribution >= 4 is 18.3 Å². The van der Waals surface area contributed by atoms with Crippen molar-refractivity contribution in [3.63, 3.8) is 0 Å². The zero-order valence-electron chi connectivity index (χ0n) is 16.2. The number of amides is 1. The highest BCUT2D eigenvalue weighted by Gasteiger charge is 2.29. The van der Waals surface area contributed by atoms with E-state index in [9.17, 15) is 4.79 Å². The summed E-state index contributed by atoms with van der Waals surface area (Å²) in [6.45, 7) is 5.40. The summed E-state index contributed by atoms with van der Waals surface area (Å²) in [6, 6.07) is 11.1. The highest BCUT2D eigenvalue weighted by atomic mass is 35.5. The van der Waals surface area contributed by atoms with E-state index in [0.29, 0.717) is 23.8 Å². The van der Waals surface area contributed by atoms with Gasteiger partial charge in [0, 0.05) is 19.0 Å². The molecule has 26 heavy (non-hydrogen) atoms. The molecule has 0 aromatic heterocycles. The van der Waals surface area contributed by atoms with Crippen LogP contribution in [0.1, 0.15) is 57.4 Å². The molecule has 1 aromatic rings. The molecule has 2 fully saturated rings. The summed E-state index contributed by atoms with van der Waals surface area (Å²) in [5, 5.41) is 3.43. The molecule has 0 bridgehead atoms. The maximum Gasteiger partial charge on any atom is 0.223 e. The number of piperidine rings is 1. The summed E-state index contributed by atoms with van der Waals surface area (Å²) in [5.41, 5.74) is 1.34. The summed E-state index contributed by atoms with van der Waals surface area (Å²) in [6.07, 6.45) is 9.11. The van der Waals surface area contributed by atoms with Gasteiger partial charge in [-0.2, -0.15) is 0 Å². The fourth-order valence-corrected chi connectivity index (χ4v) is 4.59. The number of hydrogen-bond acceptors (Lipinski definition) is 2. The lowest BCUT2D eigenvalue weighted by atomic mass is 9.84. The molecule has 1 atom stereocenters. The summed E-state index contributed by atoms with van der Waals surface area (Å²) in [7, 11) is 0. The molecular weight excluding hydrogens is 344 g/mol. The normalized spacial score (nSPS) is 19.7. The first-order valence-electron chi connectivity index (χ1n) is 10.3. The van der Waals surface area contributed by atoms with Gasteiger partial charge < -0.3 is 10.2 Å². The molecule has 146 valence electrons. The second-order valence-electron chi connectivity index (χ2n) is 8.03. The van der Waals surface area contributed by atoms with E-state index in [1.165, 1.54) is 44.1 Å². The largest absolute Gasteiger partial charge is 0.339 e. The summed E-state index contributed by atoms with van der Waals surface area (Å²) < 4.78 is 0. The van der Waals surface area contributed by atoms with E-state index in [1.807, 2.05) is 0 Å². The van der Waals surface area contributed by atoms with Crippen LogP contribution in [0.4, 0.5) is 0 Å². The van der Waals surface area contributed by atoms with Crippen LogP contribution in [-0.2, 0) is 11.2 Å². The third kappa shape index (κ3) is 5.99. The maximum atomic E-state index is 13.1. The van der Waals surface area contributed by atoms with E-state index >= 15 is 0 Å². The standard InChI is InChI=1S/C22H34N2O.ClH/c1-18(20-11-14-23-15-12-20)17-22(25)24(21-9-5-6-10-21)16-13-19-7-3-2-4-8-19;/h2-4,7-8,18,20-21,23H,5-6,9-17H2,1H3;1H. The quantitative estimate of drug-likeness (QED) is 0.760. The van der Waals surface area contributed by atoms with E-state index in [2.05, 4.69) is 47.5 Å². The highest BCUT2D eigenvalue weighted by molar-refractivity contribution is 5.85. The Bertz CT molecular complexity index is 524. The second kappa shape index (κ2) is 10.9. The van der Waals surface area contributed by atoms with Gasteiger partial charge in [0.25, 0.3) is 0 Å². The molecule has 1 saturated heterocycles. The Labute approximate surface area is 165 Å². The lowest BCUT2D eigenvalue weighted by Crippen LogP contribution is -2.42. The third-order valence-electron chi connectivity index (χ3n) is 6.26. The fourth-order valence-electron chi connectivity index (χ4n) is 4.59. The second-order valence-corrected chi connectivity index (χ2v) is 8.03. The molecule has 1 unspecified atom stereocenters. The number of rotatable bonds is 7. The lowest BCUT2D eigenvalue weighted by Gasteiger charge is -2.33. The van der Waals surface area contributed by atoms with Crippen molar-refractivity contribution in [1.82, 2.24) is 10.2 Å². The average molecular weight is 379 g/mol. The van der Waals surface area contributed by atoms with Crippen molar-refractivity contribution in [2.24, 2.45) is 11.8 Å². The van der Waals surface area contributed by atoms with Gasteiger partial charge in [0.05, 0.1) is 0 Å². The Kier molecular flexibility index (Phi) is 8.94. The number of nitrogens with one attached hydrogen (secondary N) is 1. The van der Waals surface area contributed by atoms with Crippen LogP contribution in [0.25, 0.3) is 0 Å². The van der Waals surface area contributed by atoms with Gasteiger partial charge >= 0.3 is 0 Å². The van der Waals surface area contributed by atoms with Crippen LogP contribution in [-0.4, -0.2) is 36.5 Å². The van der Waals surface area contributed by atoms with Gasteiger partial charge in [-0.1, -0.05) is 50.1 Å². The molecule has 4 heteroatoms. The van der Waals surface area contributed by atoms with Crippen LogP contribution in [0.2, 0.25) is 0 Å². The minimum Gasteiger partial charge on any atom is -0.339 e. The Morgan fingerprint density at radius 3 is 2.42 bits per heavy atom. The van der Waals surface area contributed by atoms with Crippen LogP contribution in [0, 0.1) is 11.8 Å². The smallest absolute Gasteiger partial charge is 0.223 e. The third-order valence-corrected chi connectivity index (χ3v) is 6.26. The summed E-state index contributed by atoms with van der Waals surface area (Å²) >= 11 is 0. The SMILES string of the molecule is CC(CC(=O)N(CCc1ccccc1)C1CCCC1)C1CCNCC1.Cl. The van der Waals surface area contributed by atoms with E-state index in [-0.39, 0.29) is 12.4 Å². The zero-order chi connectivity index (χ0) is 17.5. The number of hydrogen-bond donors (Lipinski definition) is 1. The molecule has 0 radical (unpaired) electrons. The average Bonchev–Trinajstić information content (AvgIpc) is 3.18. The number of carbonyl (C=O) groups is 1. The molecule has 1 N–H and O–H groups in total. The first-order valence-corrected chi connectivity index (χ1v) is 10.3. The lowest BCUT2D eigenvalue weighted by molar-refractivity contribution is -0.134. The Balaban J connectivity index is 0.00000243. The van der Waals surface area contributed by atoms with Crippen LogP contribution in [0.15, 0.2) is 30.3 Å². The molecular formula is C22H35ClN2O. The van der Waals surface area contributed by atoms with Crippen molar-refractivity contribution in [1.29, 1.82) is 0 Å². The first-order chi connectivity index (χ1) is 12.2. The molecule has 0 spiro atoms. The van der Waals surface area contributed by atoms with Crippen LogP contribution in [0.3, 0.4) is 0 Å². The molecule has 1 aromatic carbocycles. The van der Waals surface area contributed by atoms with Crippen molar-refractivity contribution in [3.05, 3.63) is 35.9 Å². The number of halogens is 1. The number of nitrogens with zero attached hydrogens (tertiary/aromatic N) is 1. The van der Waals surface area contributed by atoms with Gasteiger partial charge in [-0.3, -0.25) is 4.79 Å². The molecule has 3 rings (SSSR count). The predicted octanol–water partition coefficient (Wildman–Crippen LogP) is 4.45. The van der Waals surface area contributed by atoms with Crippen molar-refractivity contribution in [2.45, 2.75) is 64.3 Å². The van der Waals surface area contributed by atoms with Crippen LogP contribution < -0.4 is 5.32 Å². The first kappa shape index (κ1) is 21.2. The molecule has 1 saturated carbocycles. The minimum absolute atomic E-state index is 0. The van der Waals surface area contributed by atoms with Crippen molar-refractivity contribution in [3.8, 4) is 0 Å². The van der Waals surface area contributed by atoms with E-state index in [1.54, 1.807) is 0 Å². The van der Waals surface area contributed by atoms with Gasteiger partial charge in [-0.25, -0.2) is 0 Å². The van der Waals surface area contributed by atoms with Gasteiger partial charge in [0.2, 0.25) is 5.91 Å². The van der Waals surface area contributed by atoms with E-state index < -0.39 is 0 Å². The fraction of sp³-hybridized carbons (Fsp3) is 0.682. The molecule has 1 amide bonds. The van der Waals surface area contributed by atoms with Gasteiger partial charge in [0.1, 0.15) is 0 Å². The minimum atomic E-state index is 0. The Morgan fingerprint density at radius 1 is 1.12 bits per heavy atom. The molecule has 1 aliphatic heterocycles. The Hall–Kier alpha value is -1.06. The van der Waals surface area contributed by atoms with Gasteiger partial charge in [-0.05, 0) is 62.6 Å². The maximum absolute atomic E-state index is 13.1. The summed E-state index contributed by atoms with van der Waals surface area (Å²) in [4.78, 5) is 15.3.